The van der Waals surface area contributed by atoms with Crippen molar-refractivity contribution < 1.29 is 19.0 Å². The number of nitrogens with one attached hydrogen (secondary N) is 1. The number of benzene rings is 2. The van der Waals surface area contributed by atoms with E-state index in [0.717, 1.165) is 9.13 Å². The number of ether oxygens (including phenoxy) is 1. The number of halogens is 1. The summed E-state index contributed by atoms with van der Waals surface area (Å²) in [6.45, 7) is 6.12. The minimum absolute atomic E-state index is 0.0963. The fraction of sp³-hybridized carbons (Fsp3) is 0.280. The van der Waals surface area contributed by atoms with Gasteiger partial charge < -0.3 is 9.84 Å². The van der Waals surface area contributed by atoms with Crippen molar-refractivity contribution >= 4 is 16.7 Å². The Hall–Kier alpha value is -4.21. The van der Waals surface area contributed by atoms with Crippen LogP contribution in [0.2, 0.25) is 0 Å². The number of fused-ring (bicyclic) bond motifs is 1. The molecule has 2 heterocycles. The molecule has 2 aromatic heterocycles. The van der Waals surface area contributed by atoms with Crippen LogP contribution in [0.1, 0.15) is 37.7 Å². The molecule has 35 heavy (non-hydrogen) atoms. The number of hydrogen-bond donors (Lipinski definition) is 2. The van der Waals surface area contributed by atoms with E-state index in [1.54, 1.807) is 45.0 Å². The summed E-state index contributed by atoms with van der Waals surface area (Å²) in [4.78, 5) is 37.4. The van der Waals surface area contributed by atoms with Crippen LogP contribution in [0.4, 0.5) is 4.39 Å². The zero-order valence-corrected chi connectivity index (χ0v) is 19.8. The molecule has 0 aliphatic carbocycles. The summed E-state index contributed by atoms with van der Waals surface area (Å²) >= 11 is 0. The van der Waals surface area contributed by atoms with Crippen LogP contribution in [0.5, 0.6) is 5.88 Å². The molecule has 0 aliphatic heterocycles. The van der Waals surface area contributed by atoms with Crippen LogP contribution in [-0.2, 0) is 22.5 Å². The number of carbonyl (C=O) groups is 1. The fourth-order valence-electron chi connectivity index (χ4n) is 3.88. The Balaban J connectivity index is 1.74. The van der Waals surface area contributed by atoms with E-state index in [9.17, 15) is 23.9 Å². The number of imidazole rings is 1. The largest absolute Gasteiger partial charge is 0.493 e. The third kappa shape index (κ3) is 4.72. The molecule has 4 aromatic rings. The first kappa shape index (κ1) is 23.9. The summed E-state index contributed by atoms with van der Waals surface area (Å²) in [5.41, 5.74) is -0.775. The van der Waals surface area contributed by atoms with Crippen LogP contribution < -0.4 is 11.2 Å². The quantitative estimate of drug-likeness (QED) is 0.424. The predicted octanol–water partition coefficient (Wildman–Crippen LogP) is 2.96. The third-order valence-corrected chi connectivity index (χ3v) is 5.47. The number of rotatable bonds is 5. The molecule has 182 valence electrons. The van der Waals surface area contributed by atoms with E-state index >= 15 is 0 Å². The summed E-state index contributed by atoms with van der Waals surface area (Å²) in [6, 6.07) is 11.1. The van der Waals surface area contributed by atoms with Gasteiger partial charge in [0.1, 0.15) is 18.0 Å². The maximum absolute atomic E-state index is 14.9. The zero-order chi connectivity index (χ0) is 25.5. The van der Waals surface area contributed by atoms with E-state index in [4.69, 9.17) is 4.74 Å². The van der Waals surface area contributed by atoms with E-state index in [1.807, 2.05) is 0 Å². The second-order valence-corrected chi connectivity index (χ2v) is 9.21. The van der Waals surface area contributed by atoms with E-state index < -0.39 is 35.5 Å². The number of nitrogens with zero attached hydrogens (tertiary/aromatic N) is 3. The summed E-state index contributed by atoms with van der Waals surface area (Å²) < 4.78 is 22.0. The van der Waals surface area contributed by atoms with Gasteiger partial charge in [0.2, 0.25) is 5.88 Å². The highest BCUT2D eigenvalue weighted by Crippen LogP contribution is 2.25. The maximum atomic E-state index is 14.9. The van der Waals surface area contributed by atoms with Crippen molar-refractivity contribution in [1.29, 1.82) is 0 Å². The third-order valence-electron chi connectivity index (χ3n) is 5.47. The molecule has 2 aromatic carbocycles. The van der Waals surface area contributed by atoms with Crippen LogP contribution >= 0.6 is 0 Å². The molecule has 0 saturated carbocycles. The van der Waals surface area contributed by atoms with Gasteiger partial charge in [-0.1, -0.05) is 24.3 Å². The minimum Gasteiger partial charge on any atom is -0.493 e. The number of aromatic amines is 1. The Morgan fingerprint density at radius 1 is 1.14 bits per heavy atom. The minimum atomic E-state index is -0.783. The standard InChI is InChI=1S/C25H25FN4O5/c1-14-23(33)30(24(34)29(14)13-21(31)35-25(2,3)4)20-12-15(9-10-18(20)26)11-19-16-7-5-6-8-17(16)22(32)28-27-19/h5-10,12,33H,11,13H2,1-4H3,(H,28,32). The van der Waals surface area contributed by atoms with Gasteiger partial charge in [-0.2, -0.15) is 5.10 Å². The molecule has 4 rings (SSSR count). The molecule has 0 saturated heterocycles. The van der Waals surface area contributed by atoms with E-state index in [1.165, 1.54) is 25.1 Å². The van der Waals surface area contributed by atoms with Gasteiger partial charge in [-0.25, -0.2) is 18.9 Å². The van der Waals surface area contributed by atoms with E-state index in [2.05, 4.69) is 10.2 Å². The van der Waals surface area contributed by atoms with Gasteiger partial charge in [-0.05, 0) is 51.5 Å². The van der Waals surface area contributed by atoms with Crippen molar-refractivity contribution in [1.82, 2.24) is 19.3 Å². The molecule has 0 fully saturated rings. The lowest BCUT2D eigenvalue weighted by atomic mass is 10.0. The zero-order valence-electron chi connectivity index (χ0n) is 19.8. The summed E-state index contributed by atoms with van der Waals surface area (Å²) in [7, 11) is 0. The second-order valence-electron chi connectivity index (χ2n) is 9.21. The van der Waals surface area contributed by atoms with Crippen molar-refractivity contribution in [3.8, 4) is 11.6 Å². The number of hydrogen-bond acceptors (Lipinski definition) is 6. The van der Waals surface area contributed by atoms with Gasteiger partial charge in [-0.3, -0.25) is 14.2 Å². The highest BCUT2D eigenvalue weighted by molar-refractivity contribution is 5.83. The van der Waals surface area contributed by atoms with Gasteiger partial charge in [0.25, 0.3) is 5.56 Å². The SMILES string of the molecule is Cc1c(O)n(-c2cc(Cc3n[nH]c(=O)c4ccccc34)ccc2F)c(=O)n1CC(=O)OC(C)(C)C. The first-order valence-electron chi connectivity index (χ1n) is 10.9. The van der Waals surface area contributed by atoms with Crippen LogP contribution in [0.3, 0.4) is 0 Å². The first-order valence-corrected chi connectivity index (χ1v) is 10.9. The Bertz CT molecular complexity index is 1560. The fourth-order valence-corrected chi connectivity index (χ4v) is 3.88. The van der Waals surface area contributed by atoms with Crippen molar-refractivity contribution in [2.75, 3.05) is 0 Å². The summed E-state index contributed by atoms with van der Waals surface area (Å²) in [6.07, 6.45) is 0.234. The van der Waals surface area contributed by atoms with Crippen LogP contribution in [-0.4, -0.2) is 36.0 Å². The Morgan fingerprint density at radius 3 is 2.51 bits per heavy atom. The molecule has 0 unspecified atom stereocenters. The molecule has 0 aliphatic rings. The van der Waals surface area contributed by atoms with Crippen molar-refractivity contribution in [2.24, 2.45) is 0 Å². The molecule has 9 nitrogen and oxygen atoms in total. The second kappa shape index (κ2) is 8.86. The molecule has 2 N–H and O–H groups in total. The van der Waals surface area contributed by atoms with Crippen LogP contribution in [0.25, 0.3) is 16.5 Å². The van der Waals surface area contributed by atoms with Crippen molar-refractivity contribution in [2.45, 2.75) is 46.3 Å². The Kier molecular flexibility index (Phi) is 6.06. The van der Waals surface area contributed by atoms with Gasteiger partial charge in [-0.15, -0.1) is 0 Å². The van der Waals surface area contributed by atoms with E-state index in [-0.39, 0.29) is 23.4 Å². The maximum Gasteiger partial charge on any atom is 0.336 e. The number of aromatic nitrogens is 4. The topological polar surface area (TPSA) is 119 Å². The molecule has 0 amide bonds. The van der Waals surface area contributed by atoms with Gasteiger partial charge in [0.05, 0.1) is 22.5 Å². The highest BCUT2D eigenvalue weighted by Gasteiger charge is 2.24. The molecular formula is C25H25FN4O5. The van der Waals surface area contributed by atoms with Crippen LogP contribution in [0.15, 0.2) is 52.1 Å². The Labute approximate surface area is 199 Å². The summed E-state index contributed by atoms with van der Waals surface area (Å²) in [5, 5.41) is 18.4. The van der Waals surface area contributed by atoms with Crippen LogP contribution in [0, 0.1) is 12.7 Å². The lowest BCUT2D eigenvalue weighted by Crippen LogP contribution is -2.31. The Morgan fingerprint density at radius 2 is 1.83 bits per heavy atom. The van der Waals surface area contributed by atoms with Crippen molar-refractivity contribution in [3.63, 3.8) is 0 Å². The van der Waals surface area contributed by atoms with Gasteiger partial charge in [0, 0.05) is 11.8 Å². The number of carbonyl (C=O) groups excluding carboxylic acids is 1. The molecule has 0 spiro atoms. The molecule has 0 radical (unpaired) electrons. The molecule has 10 heteroatoms. The lowest BCUT2D eigenvalue weighted by molar-refractivity contribution is -0.155. The first-order chi connectivity index (χ1) is 16.5. The average Bonchev–Trinajstić information content (AvgIpc) is 2.99. The normalized spacial score (nSPS) is 11.7. The lowest BCUT2D eigenvalue weighted by Gasteiger charge is -2.19. The van der Waals surface area contributed by atoms with Crippen molar-refractivity contribution in [3.05, 3.63) is 86.1 Å². The molecular weight excluding hydrogens is 455 g/mol. The molecule has 0 bridgehead atoms. The smallest absolute Gasteiger partial charge is 0.336 e. The number of esters is 1. The predicted molar refractivity (Wildman–Crippen MR) is 127 cm³/mol. The number of H-pyrrole nitrogens is 1. The average molecular weight is 480 g/mol. The highest BCUT2D eigenvalue weighted by atomic mass is 19.1. The molecule has 0 atom stereocenters. The van der Waals surface area contributed by atoms with E-state index in [0.29, 0.717) is 22.0 Å². The summed E-state index contributed by atoms with van der Waals surface area (Å²) in [5.74, 6) is -1.88. The number of aromatic hydroxyl groups is 1. The van der Waals surface area contributed by atoms with Gasteiger partial charge >= 0.3 is 11.7 Å². The monoisotopic (exact) mass is 480 g/mol. The van der Waals surface area contributed by atoms with Gasteiger partial charge in [0.15, 0.2) is 0 Å².